The summed E-state index contributed by atoms with van der Waals surface area (Å²) in [5, 5.41) is 0. The van der Waals surface area contributed by atoms with Gasteiger partial charge in [-0.1, -0.05) is 145 Å². The second kappa shape index (κ2) is 38.2. The highest BCUT2D eigenvalue weighted by atomic mass is 31.2. The fourth-order valence-corrected chi connectivity index (χ4v) is 5.58. The number of hydrogen-bond donors (Lipinski definition) is 2. The maximum Gasteiger partial charge on any atom is 0.469 e. The van der Waals surface area contributed by atoms with Crippen LogP contribution in [0.2, 0.25) is 0 Å². The van der Waals surface area contributed by atoms with Crippen LogP contribution in [0.25, 0.3) is 0 Å². The molecule has 0 aliphatic rings. The smallest absolute Gasteiger partial charge is 0.462 e. The lowest BCUT2D eigenvalue weighted by molar-refractivity contribution is -0.161. The van der Waals surface area contributed by atoms with Gasteiger partial charge in [-0.3, -0.25) is 14.1 Å². The zero-order valence-electron chi connectivity index (χ0n) is 32.7. The molecule has 0 spiro atoms. The van der Waals surface area contributed by atoms with Crippen LogP contribution in [-0.4, -0.2) is 41.0 Å². The van der Waals surface area contributed by atoms with Crippen molar-refractivity contribution >= 4 is 19.8 Å². The van der Waals surface area contributed by atoms with Crippen LogP contribution in [0.4, 0.5) is 0 Å². The van der Waals surface area contributed by atoms with Crippen molar-refractivity contribution in [2.75, 3.05) is 13.2 Å². The first kappa shape index (κ1) is 49.5. The highest BCUT2D eigenvalue weighted by Crippen LogP contribution is 2.36. The van der Waals surface area contributed by atoms with Crippen LogP contribution in [-0.2, 0) is 28.2 Å². The molecule has 0 aliphatic heterocycles. The summed E-state index contributed by atoms with van der Waals surface area (Å²) in [5.41, 5.74) is 0. The topological polar surface area (TPSA) is 119 Å². The number of esters is 2. The average Bonchev–Trinajstić information content (AvgIpc) is 3.11. The molecule has 0 saturated heterocycles. The summed E-state index contributed by atoms with van der Waals surface area (Å²) in [7, 11) is -4.76. The fraction of sp³-hybridized carbons (Fsp3) is 0.674. The van der Waals surface area contributed by atoms with E-state index in [1.54, 1.807) is 0 Å². The minimum atomic E-state index is -4.76. The largest absolute Gasteiger partial charge is 0.469 e. The van der Waals surface area contributed by atoms with Gasteiger partial charge in [-0.15, -0.1) is 0 Å². The molecule has 1 atom stereocenters. The van der Waals surface area contributed by atoms with Crippen LogP contribution in [0.1, 0.15) is 168 Å². The number of carbonyl (C=O) groups is 2. The van der Waals surface area contributed by atoms with Gasteiger partial charge < -0.3 is 19.3 Å². The van der Waals surface area contributed by atoms with Crippen LogP contribution in [0.5, 0.6) is 0 Å². The highest BCUT2D eigenvalue weighted by Gasteiger charge is 2.22. The summed E-state index contributed by atoms with van der Waals surface area (Å²) in [5.74, 6) is -0.923. The van der Waals surface area contributed by atoms with Crippen LogP contribution in [0.15, 0.2) is 72.9 Å². The Labute approximate surface area is 317 Å². The van der Waals surface area contributed by atoms with E-state index < -0.39 is 32.5 Å². The number of allylic oxidation sites excluding steroid dienone is 12. The van der Waals surface area contributed by atoms with Crippen molar-refractivity contribution in [1.82, 2.24) is 0 Å². The normalized spacial score (nSPS) is 13.2. The van der Waals surface area contributed by atoms with Crippen molar-refractivity contribution in [3.05, 3.63) is 72.9 Å². The van der Waals surface area contributed by atoms with Gasteiger partial charge in [0.15, 0.2) is 6.10 Å². The summed E-state index contributed by atoms with van der Waals surface area (Å²) in [6.45, 7) is 3.51. The number of hydrogen-bond acceptors (Lipinski definition) is 6. The zero-order valence-corrected chi connectivity index (χ0v) is 33.6. The van der Waals surface area contributed by atoms with Crippen molar-refractivity contribution in [2.45, 2.75) is 174 Å². The molecule has 52 heavy (non-hydrogen) atoms. The maximum atomic E-state index is 12.4. The zero-order chi connectivity index (χ0) is 38.2. The molecule has 0 aromatic heterocycles. The third kappa shape index (κ3) is 40.3. The molecule has 1 unspecified atom stereocenters. The van der Waals surface area contributed by atoms with E-state index in [4.69, 9.17) is 19.3 Å². The van der Waals surface area contributed by atoms with Crippen molar-refractivity contribution in [2.24, 2.45) is 0 Å². The Kier molecular flexibility index (Phi) is 36.4. The van der Waals surface area contributed by atoms with Crippen molar-refractivity contribution in [3.8, 4) is 0 Å². The van der Waals surface area contributed by atoms with Crippen LogP contribution in [0, 0.1) is 0 Å². The summed E-state index contributed by atoms with van der Waals surface area (Å²) in [6, 6.07) is 0. The summed E-state index contributed by atoms with van der Waals surface area (Å²) >= 11 is 0. The number of ether oxygens (including phenoxy) is 2. The van der Waals surface area contributed by atoms with Crippen molar-refractivity contribution < 1.29 is 37.9 Å². The van der Waals surface area contributed by atoms with E-state index in [9.17, 15) is 14.2 Å². The number of phosphoric ester groups is 1. The predicted molar refractivity (Wildman–Crippen MR) is 216 cm³/mol. The molecule has 2 N–H and O–H groups in total. The molecule has 0 saturated carbocycles. The van der Waals surface area contributed by atoms with E-state index in [1.165, 1.54) is 25.7 Å². The van der Waals surface area contributed by atoms with Gasteiger partial charge in [0.25, 0.3) is 0 Å². The Balaban J connectivity index is 4.00. The van der Waals surface area contributed by atoms with Gasteiger partial charge in [-0.05, 0) is 83.5 Å². The van der Waals surface area contributed by atoms with E-state index in [0.29, 0.717) is 12.8 Å². The Hall–Kier alpha value is -2.51. The first-order valence-electron chi connectivity index (χ1n) is 20.2. The van der Waals surface area contributed by atoms with Gasteiger partial charge >= 0.3 is 19.8 Å². The van der Waals surface area contributed by atoms with E-state index in [0.717, 1.165) is 103 Å². The number of unbranched alkanes of at least 4 members (excludes halogenated alkanes) is 14. The molecule has 0 radical (unpaired) electrons. The number of rotatable bonds is 36. The number of carbonyl (C=O) groups excluding carboxylic acids is 2. The predicted octanol–water partition coefficient (Wildman–Crippen LogP) is 12.3. The molecule has 0 fully saturated rings. The quantitative estimate of drug-likeness (QED) is 0.0281. The number of phosphoric acid groups is 1. The minimum absolute atomic E-state index is 0.189. The fourth-order valence-electron chi connectivity index (χ4n) is 5.22. The Morgan fingerprint density at radius 1 is 0.519 bits per heavy atom. The summed E-state index contributed by atoms with van der Waals surface area (Å²) < 4.78 is 26.3. The monoisotopic (exact) mass is 749 g/mol. The van der Waals surface area contributed by atoms with Gasteiger partial charge in [0.05, 0.1) is 6.61 Å². The minimum Gasteiger partial charge on any atom is -0.462 e. The van der Waals surface area contributed by atoms with E-state index in [1.807, 2.05) is 0 Å². The van der Waals surface area contributed by atoms with Gasteiger partial charge in [-0.2, -0.15) is 0 Å². The standard InChI is InChI=1S/C43H73O8P/c1-3-5-7-9-11-13-15-17-19-20-21-22-24-26-28-30-32-34-36-38-43(45)51-41(40-50-52(46,47)48)39-49-42(44)37-35-33-31-29-27-25-23-18-16-14-12-10-8-6-4-2/h5,7,11-14,17-19,21-23,41H,3-4,6,8-10,15-16,20,24-40H2,1-2H3,(H2,46,47,48)/b7-5-,13-11-,14-12-,19-17-,22-21-,23-18-. The molecular weight excluding hydrogens is 675 g/mol. The van der Waals surface area contributed by atoms with Crippen LogP contribution >= 0.6 is 7.82 Å². The molecule has 8 nitrogen and oxygen atoms in total. The van der Waals surface area contributed by atoms with Gasteiger partial charge in [0.1, 0.15) is 6.61 Å². The van der Waals surface area contributed by atoms with Crippen LogP contribution < -0.4 is 0 Å². The molecule has 0 aromatic carbocycles. The molecule has 0 heterocycles. The first-order chi connectivity index (χ1) is 25.3. The van der Waals surface area contributed by atoms with E-state index in [2.05, 4.69) is 91.3 Å². The maximum absolute atomic E-state index is 12.4. The van der Waals surface area contributed by atoms with Crippen LogP contribution in [0.3, 0.4) is 0 Å². The second-order valence-corrected chi connectivity index (χ2v) is 14.5. The Bertz CT molecular complexity index is 1070. The van der Waals surface area contributed by atoms with Crippen molar-refractivity contribution in [1.29, 1.82) is 0 Å². The Morgan fingerprint density at radius 3 is 1.38 bits per heavy atom. The molecule has 9 heteroatoms. The SMILES string of the molecule is CC/C=C\C/C=C\C/C=C\C/C=C\CCCCCCCCC(=O)OC(COC(=O)CCCCCCC/C=C\C/C=C\CCCCC)COP(=O)(O)O. The molecule has 0 aromatic rings. The molecule has 0 aliphatic carbocycles. The molecule has 0 bridgehead atoms. The van der Waals surface area contributed by atoms with Crippen molar-refractivity contribution in [3.63, 3.8) is 0 Å². The summed E-state index contributed by atoms with van der Waals surface area (Å²) in [4.78, 5) is 42.8. The first-order valence-corrected chi connectivity index (χ1v) is 21.8. The lowest BCUT2D eigenvalue weighted by Gasteiger charge is -2.18. The van der Waals surface area contributed by atoms with E-state index in [-0.39, 0.29) is 19.4 Å². The third-order valence-electron chi connectivity index (χ3n) is 8.21. The van der Waals surface area contributed by atoms with Gasteiger partial charge in [0.2, 0.25) is 0 Å². The second-order valence-electron chi connectivity index (χ2n) is 13.2. The summed E-state index contributed by atoms with van der Waals surface area (Å²) in [6.07, 6.45) is 49.0. The molecular formula is C43H73O8P. The third-order valence-corrected chi connectivity index (χ3v) is 8.69. The molecule has 0 amide bonds. The van der Waals surface area contributed by atoms with Gasteiger partial charge in [0, 0.05) is 12.8 Å². The van der Waals surface area contributed by atoms with E-state index >= 15 is 0 Å². The lowest BCUT2D eigenvalue weighted by atomic mass is 10.1. The molecule has 298 valence electrons. The Morgan fingerprint density at radius 2 is 0.923 bits per heavy atom. The van der Waals surface area contributed by atoms with Gasteiger partial charge in [-0.25, -0.2) is 4.57 Å². The molecule has 0 rings (SSSR count). The average molecular weight is 749 g/mol. The lowest BCUT2D eigenvalue weighted by Crippen LogP contribution is -2.29. The highest BCUT2D eigenvalue weighted by molar-refractivity contribution is 7.46.